The van der Waals surface area contributed by atoms with Crippen molar-refractivity contribution < 1.29 is 27.1 Å². The largest absolute Gasteiger partial charge is 0.487 e. The highest BCUT2D eigenvalue weighted by atomic mass is 35.5. The van der Waals surface area contributed by atoms with Crippen molar-refractivity contribution in [2.75, 3.05) is 6.61 Å². The van der Waals surface area contributed by atoms with Crippen molar-refractivity contribution in [1.82, 2.24) is 15.1 Å². The van der Waals surface area contributed by atoms with E-state index >= 15 is 0 Å². The second-order valence-electron chi connectivity index (χ2n) is 5.84. The number of carbonyl (C=O) groups is 1. The Kier molecular flexibility index (Phi) is 6.69. The molecule has 0 atom stereocenters. The first-order valence-electron chi connectivity index (χ1n) is 8.11. The molecule has 0 bridgehead atoms. The quantitative estimate of drug-likeness (QED) is 0.563. The second kappa shape index (κ2) is 8.60. The van der Waals surface area contributed by atoms with Gasteiger partial charge in [0.05, 0.1) is 29.4 Å². The van der Waals surface area contributed by atoms with Crippen LogP contribution in [-0.4, -0.2) is 22.3 Å². The maximum atomic E-state index is 14.1. The summed E-state index contributed by atoms with van der Waals surface area (Å²) in [7, 11) is 1.58. The number of halogens is 5. The molecule has 0 fully saturated rings. The van der Waals surface area contributed by atoms with E-state index < -0.39 is 47.0 Å². The normalized spacial score (nSPS) is 11.0. The standard InChI is InChI=1S/C17H18ClF4N3O2/c1-4-5-27-17-15(21)13(19)9(14(20)16(17)22)7-23-11(26)6-10-12(18)8(2)24-25(10)3/h4-7H2,1-3H3,(H,23,26). The Labute approximate surface area is 158 Å². The van der Waals surface area contributed by atoms with Gasteiger partial charge in [-0.1, -0.05) is 18.5 Å². The fraction of sp³-hybridized carbons (Fsp3) is 0.412. The molecule has 0 aliphatic heterocycles. The Hall–Kier alpha value is -2.29. The molecule has 1 aromatic carbocycles. The van der Waals surface area contributed by atoms with Crippen molar-refractivity contribution in [3.8, 4) is 5.75 Å². The van der Waals surface area contributed by atoms with Gasteiger partial charge in [0.1, 0.15) is 0 Å². The molecule has 1 amide bonds. The summed E-state index contributed by atoms with van der Waals surface area (Å²) in [6.45, 7) is 2.48. The van der Waals surface area contributed by atoms with Gasteiger partial charge in [-0.2, -0.15) is 13.9 Å². The van der Waals surface area contributed by atoms with Crippen LogP contribution in [0.1, 0.15) is 30.3 Å². The molecule has 2 rings (SSSR count). The van der Waals surface area contributed by atoms with E-state index in [2.05, 4.69) is 10.4 Å². The lowest BCUT2D eigenvalue weighted by Crippen LogP contribution is -2.27. The topological polar surface area (TPSA) is 56.1 Å². The fourth-order valence-electron chi connectivity index (χ4n) is 2.42. The van der Waals surface area contributed by atoms with Gasteiger partial charge in [-0.3, -0.25) is 9.48 Å². The van der Waals surface area contributed by atoms with E-state index in [9.17, 15) is 22.4 Å². The van der Waals surface area contributed by atoms with Gasteiger partial charge < -0.3 is 10.1 Å². The number of aromatic nitrogens is 2. The Morgan fingerprint density at radius 1 is 1.19 bits per heavy atom. The smallest absolute Gasteiger partial charge is 0.226 e. The number of nitrogens with zero attached hydrogens (tertiary/aromatic N) is 2. The van der Waals surface area contributed by atoms with Gasteiger partial charge in [-0.15, -0.1) is 0 Å². The van der Waals surface area contributed by atoms with E-state index in [1.807, 2.05) is 0 Å². The number of hydrogen-bond donors (Lipinski definition) is 1. The van der Waals surface area contributed by atoms with Gasteiger partial charge in [-0.25, -0.2) is 8.78 Å². The second-order valence-corrected chi connectivity index (χ2v) is 6.21. The lowest BCUT2D eigenvalue weighted by molar-refractivity contribution is -0.120. The van der Waals surface area contributed by atoms with Crippen LogP contribution in [-0.2, 0) is 24.8 Å². The molecule has 0 saturated carbocycles. The van der Waals surface area contributed by atoms with Gasteiger partial charge in [-0.05, 0) is 13.3 Å². The number of aryl methyl sites for hydroxylation is 2. The van der Waals surface area contributed by atoms with E-state index in [1.54, 1.807) is 20.9 Å². The minimum Gasteiger partial charge on any atom is -0.487 e. The molecule has 0 saturated heterocycles. The summed E-state index contributed by atoms with van der Waals surface area (Å²) < 4.78 is 62.2. The first-order valence-corrected chi connectivity index (χ1v) is 8.49. The zero-order valence-electron chi connectivity index (χ0n) is 14.9. The maximum absolute atomic E-state index is 14.1. The van der Waals surface area contributed by atoms with Crippen LogP contribution in [0.5, 0.6) is 5.75 Å². The minimum absolute atomic E-state index is 0.103. The highest BCUT2D eigenvalue weighted by Crippen LogP contribution is 2.30. The third-order valence-corrected chi connectivity index (χ3v) is 4.31. The summed E-state index contributed by atoms with van der Waals surface area (Å²) in [5, 5.41) is 6.55. The lowest BCUT2D eigenvalue weighted by Gasteiger charge is -2.13. The third kappa shape index (κ3) is 4.35. The lowest BCUT2D eigenvalue weighted by atomic mass is 10.1. The molecule has 2 aromatic rings. The first-order chi connectivity index (χ1) is 12.7. The van der Waals surface area contributed by atoms with Crippen LogP contribution < -0.4 is 10.1 Å². The van der Waals surface area contributed by atoms with E-state index in [0.717, 1.165) is 0 Å². The number of nitrogens with one attached hydrogen (secondary N) is 1. The highest BCUT2D eigenvalue weighted by Gasteiger charge is 2.27. The van der Waals surface area contributed by atoms with Gasteiger partial charge >= 0.3 is 0 Å². The van der Waals surface area contributed by atoms with Crippen LogP contribution in [0, 0.1) is 30.2 Å². The third-order valence-electron chi connectivity index (χ3n) is 3.82. The zero-order chi connectivity index (χ0) is 20.3. The molecule has 0 unspecified atom stereocenters. The summed E-state index contributed by atoms with van der Waals surface area (Å²) >= 11 is 6.03. The molecular formula is C17H18ClF4N3O2. The van der Waals surface area contributed by atoms with Crippen LogP contribution in [0.15, 0.2) is 0 Å². The molecule has 1 aromatic heterocycles. The molecule has 27 heavy (non-hydrogen) atoms. The average Bonchev–Trinajstić information content (AvgIpc) is 2.86. The van der Waals surface area contributed by atoms with Crippen LogP contribution in [0.4, 0.5) is 17.6 Å². The number of benzene rings is 1. The molecule has 10 heteroatoms. The van der Waals surface area contributed by atoms with E-state index in [0.29, 0.717) is 22.8 Å². The Morgan fingerprint density at radius 2 is 1.78 bits per heavy atom. The van der Waals surface area contributed by atoms with Gasteiger partial charge in [0, 0.05) is 19.2 Å². The van der Waals surface area contributed by atoms with E-state index in [-0.39, 0.29) is 13.0 Å². The molecular weight excluding hydrogens is 390 g/mol. The number of carbonyl (C=O) groups excluding carboxylic acids is 1. The average molecular weight is 408 g/mol. The summed E-state index contributed by atoms with van der Waals surface area (Å²) in [6.07, 6.45) is 0.179. The molecule has 0 spiro atoms. The van der Waals surface area contributed by atoms with Gasteiger partial charge in [0.2, 0.25) is 17.5 Å². The monoisotopic (exact) mass is 407 g/mol. The van der Waals surface area contributed by atoms with E-state index in [4.69, 9.17) is 16.3 Å². The van der Waals surface area contributed by atoms with Gasteiger partial charge in [0.15, 0.2) is 17.4 Å². The van der Waals surface area contributed by atoms with Crippen LogP contribution in [0.3, 0.4) is 0 Å². The molecule has 0 radical (unpaired) electrons. The molecule has 1 heterocycles. The van der Waals surface area contributed by atoms with Crippen LogP contribution in [0.2, 0.25) is 5.02 Å². The van der Waals surface area contributed by atoms with Crippen molar-refractivity contribution in [2.24, 2.45) is 7.05 Å². The Balaban J connectivity index is 2.16. The van der Waals surface area contributed by atoms with Crippen molar-refractivity contribution in [2.45, 2.75) is 33.2 Å². The first kappa shape index (κ1) is 21.0. The van der Waals surface area contributed by atoms with Crippen LogP contribution >= 0.6 is 11.6 Å². The Bertz CT molecular complexity index is 842. The molecule has 0 aliphatic rings. The minimum atomic E-state index is -1.64. The van der Waals surface area contributed by atoms with Crippen molar-refractivity contribution in [1.29, 1.82) is 0 Å². The maximum Gasteiger partial charge on any atom is 0.226 e. The van der Waals surface area contributed by atoms with Crippen molar-refractivity contribution >= 4 is 17.5 Å². The summed E-state index contributed by atoms with van der Waals surface area (Å²) in [6, 6.07) is 0. The molecule has 5 nitrogen and oxygen atoms in total. The van der Waals surface area contributed by atoms with E-state index in [1.165, 1.54) is 4.68 Å². The number of ether oxygens (including phenoxy) is 1. The summed E-state index contributed by atoms with van der Waals surface area (Å²) in [5.41, 5.74) is -0.0198. The number of hydrogen-bond acceptors (Lipinski definition) is 3. The zero-order valence-corrected chi connectivity index (χ0v) is 15.7. The summed E-state index contributed by atoms with van der Waals surface area (Å²) in [5.74, 6) is -8.27. The van der Waals surface area contributed by atoms with Gasteiger partial charge in [0.25, 0.3) is 0 Å². The Morgan fingerprint density at radius 3 is 2.26 bits per heavy atom. The van der Waals surface area contributed by atoms with Crippen molar-refractivity contribution in [3.05, 3.63) is 45.2 Å². The number of rotatable bonds is 7. The van der Waals surface area contributed by atoms with Crippen molar-refractivity contribution in [3.63, 3.8) is 0 Å². The summed E-state index contributed by atoms with van der Waals surface area (Å²) in [4.78, 5) is 12.0. The SMILES string of the molecule is CCCOc1c(F)c(F)c(CNC(=O)Cc2c(Cl)c(C)nn2C)c(F)c1F. The molecule has 0 aliphatic carbocycles. The molecule has 1 N–H and O–H groups in total. The van der Waals surface area contributed by atoms with Crippen LogP contribution in [0.25, 0.3) is 0 Å². The fourth-order valence-corrected chi connectivity index (χ4v) is 2.64. The molecule has 148 valence electrons. The highest BCUT2D eigenvalue weighted by molar-refractivity contribution is 6.32. The predicted octanol–water partition coefficient (Wildman–Crippen LogP) is 3.59. The predicted molar refractivity (Wildman–Crippen MR) is 90.6 cm³/mol. The number of amides is 1.